The number of benzene rings is 3. The zero-order chi connectivity index (χ0) is 29.0. The third kappa shape index (κ3) is 6.00. The van der Waals surface area contributed by atoms with Gasteiger partial charge < -0.3 is 14.8 Å². The van der Waals surface area contributed by atoms with Crippen molar-refractivity contribution in [2.45, 2.75) is 37.6 Å². The second-order valence-electron chi connectivity index (χ2n) is 9.38. The molecule has 4 rings (SSSR count). The Morgan fingerprint density at radius 3 is 2.23 bits per heavy atom. The van der Waals surface area contributed by atoms with Crippen LogP contribution in [0.4, 0.5) is 11.4 Å². The average Bonchev–Trinajstić information content (AvgIpc) is 3.22. The summed E-state index contributed by atoms with van der Waals surface area (Å²) in [6, 6.07) is 16.6. The van der Waals surface area contributed by atoms with Crippen LogP contribution in [0.1, 0.15) is 24.5 Å². The Balaban J connectivity index is 1.66. The van der Waals surface area contributed by atoms with E-state index in [4.69, 9.17) is 9.47 Å². The molecule has 1 unspecified atom stereocenters. The van der Waals surface area contributed by atoms with Crippen molar-refractivity contribution >= 4 is 39.1 Å². The number of carbonyl (C=O) groups excluding carboxylic acids is 3. The molecule has 1 aliphatic heterocycles. The first-order valence-electron chi connectivity index (χ1n) is 12.6. The average molecular weight is 566 g/mol. The number of nitrogens with one attached hydrogen (secondary N) is 1. The molecule has 0 bridgehead atoms. The highest BCUT2D eigenvalue weighted by atomic mass is 32.2. The van der Waals surface area contributed by atoms with Crippen molar-refractivity contribution in [2.24, 2.45) is 0 Å². The summed E-state index contributed by atoms with van der Waals surface area (Å²) in [6.45, 7) is 3.17. The summed E-state index contributed by atoms with van der Waals surface area (Å²) in [7, 11) is -1.12. The van der Waals surface area contributed by atoms with Gasteiger partial charge in [0.15, 0.2) is 11.5 Å². The Labute approximate surface area is 233 Å². The first kappa shape index (κ1) is 28.8. The van der Waals surface area contributed by atoms with E-state index in [0.29, 0.717) is 22.9 Å². The van der Waals surface area contributed by atoms with E-state index in [2.05, 4.69) is 5.32 Å². The van der Waals surface area contributed by atoms with Gasteiger partial charge in [-0.2, -0.15) is 4.31 Å². The number of aryl methyl sites for hydroxylation is 1. The minimum atomic E-state index is -4.15. The van der Waals surface area contributed by atoms with E-state index in [-0.39, 0.29) is 30.2 Å². The van der Waals surface area contributed by atoms with E-state index in [1.54, 1.807) is 42.5 Å². The van der Waals surface area contributed by atoms with E-state index in [9.17, 15) is 22.8 Å². The van der Waals surface area contributed by atoms with Crippen LogP contribution in [0.15, 0.2) is 71.6 Å². The quantitative estimate of drug-likeness (QED) is 0.373. The van der Waals surface area contributed by atoms with Crippen LogP contribution in [0.25, 0.3) is 0 Å². The molecule has 1 fully saturated rings. The first-order valence-corrected chi connectivity index (χ1v) is 14.0. The Bertz CT molecular complexity index is 1520. The molecule has 210 valence electrons. The summed E-state index contributed by atoms with van der Waals surface area (Å²) in [5, 5.41) is 2.63. The van der Waals surface area contributed by atoms with Crippen molar-refractivity contribution in [3.8, 4) is 11.5 Å². The molecule has 0 aromatic heterocycles. The van der Waals surface area contributed by atoms with Crippen LogP contribution in [0.5, 0.6) is 11.5 Å². The molecule has 1 saturated heterocycles. The standard InChI is InChI=1S/C29H31N3O7S/c1-19-5-12-24(13-6-19)40(36,37)31(16-15-21-7-14-26(38-3)27(17-21)39-4)25-18-28(34)32(29(25)35)23-10-8-22(9-11-23)30-20(2)33/h5-14,17,25H,15-16,18H2,1-4H3,(H,30,33). The minimum absolute atomic E-state index is 0.0313. The predicted molar refractivity (Wildman–Crippen MR) is 150 cm³/mol. The molecule has 3 aromatic rings. The molecular formula is C29H31N3O7S. The molecule has 1 aliphatic rings. The fourth-order valence-electron chi connectivity index (χ4n) is 4.57. The number of hydrogen-bond acceptors (Lipinski definition) is 7. The maximum Gasteiger partial charge on any atom is 0.252 e. The van der Waals surface area contributed by atoms with E-state index < -0.39 is 27.9 Å². The number of hydrogen-bond donors (Lipinski definition) is 1. The molecule has 3 amide bonds. The van der Waals surface area contributed by atoms with Gasteiger partial charge in [-0.05, 0) is 67.4 Å². The van der Waals surface area contributed by atoms with Gasteiger partial charge in [-0.25, -0.2) is 13.3 Å². The summed E-state index contributed by atoms with van der Waals surface area (Å²) in [5.74, 6) is -0.383. The molecule has 10 nitrogen and oxygen atoms in total. The lowest BCUT2D eigenvalue weighted by atomic mass is 10.1. The van der Waals surface area contributed by atoms with Gasteiger partial charge >= 0.3 is 0 Å². The van der Waals surface area contributed by atoms with E-state index in [0.717, 1.165) is 20.3 Å². The molecule has 0 aliphatic carbocycles. The van der Waals surface area contributed by atoms with Crippen molar-refractivity contribution in [1.82, 2.24) is 4.31 Å². The van der Waals surface area contributed by atoms with Crippen LogP contribution in [-0.2, 0) is 30.8 Å². The van der Waals surface area contributed by atoms with Gasteiger partial charge in [0, 0.05) is 19.2 Å². The van der Waals surface area contributed by atoms with Gasteiger partial charge in [0.05, 0.1) is 31.2 Å². The lowest BCUT2D eigenvalue weighted by Gasteiger charge is -2.27. The zero-order valence-corrected chi connectivity index (χ0v) is 23.5. The monoisotopic (exact) mass is 565 g/mol. The number of amides is 3. The minimum Gasteiger partial charge on any atom is -0.493 e. The number of imide groups is 1. The smallest absolute Gasteiger partial charge is 0.252 e. The number of sulfonamides is 1. The Morgan fingerprint density at radius 1 is 0.975 bits per heavy atom. The maximum absolute atomic E-state index is 13.9. The zero-order valence-electron chi connectivity index (χ0n) is 22.7. The van der Waals surface area contributed by atoms with Gasteiger partial charge in [-0.15, -0.1) is 0 Å². The number of nitrogens with zero attached hydrogens (tertiary/aromatic N) is 2. The SMILES string of the molecule is COc1ccc(CCN(C2CC(=O)N(c3ccc(NC(C)=O)cc3)C2=O)S(=O)(=O)c2ccc(C)cc2)cc1OC. The van der Waals surface area contributed by atoms with Crippen molar-refractivity contribution < 1.29 is 32.3 Å². The lowest BCUT2D eigenvalue weighted by molar-refractivity contribution is -0.122. The Kier molecular flexibility index (Phi) is 8.55. The highest BCUT2D eigenvalue weighted by molar-refractivity contribution is 7.89. The molecule has 0 radical (unpaired) electrons. The molecular weight excluding hydrogens is 534 g/mol. The molecule has 1 N–H and O–H groups in total. The summed E-state index contributed by atoms with van der Waals surface area (Å²) in [4.78, 5) is 39.1. The lowest BCUT2D eigenvalue weighted by Crippen LogP contribution is -2.46. The number of rotatable bonds is 10. The predicted octanol–water partition coefficient (Wildman–Crippen LogP) is 3.54. The Hall–Kier alpha value is -4.22. The summed E-state index contributed by atoms with van der Waals surface area (Å²) >= 11 is 0. The van der Waals surface area contributed by atoms with Crippen LogP contribution < -0.4 is 19.7 Å². The van der Waals surface area contributed by atoms with Crippen LogP contribution in [0.3, 0.4) is 0 Å². The number of methoxy groups -OCH3 is 2. The van der Waals surface area contributed by atoms with Crippen LogP contribution >= 0.6 is 0 Å². The number of carbonyl (C=O) groups is 3. The fourth-order valence-corrected chi connectivity index (χ4v) is 6.16. The van der Waals surface area contributed by atoms with Crippen molar-refractivity contribution in [3.05, 3.63) is 77.9 Å². The van der Waals surface area contributed by atoms with Gasteiger partial charge in [-0.3, -0.25) is 14.4 Å². The normalized spacial score (nSPS) is 15.4. The summed E-state index contributed by atoms with van der Waals surface area (Å²) in [6.07, 6.45) is -0.0435. The molecule has 3 aromatic carbocycles. The van der Waals surface area contributed by atoms with E-state index in [1.807, 2.05) is 6.92 Å². The third-order valence-electron chi connectivity index (χ3n) is 6.61. The summed E-state index contributed by atoms with van der Waals surface area (Å²) < 4.78 is 39.5. The molecule has 11 heteroatoms. The van der Waals surface area contributed by atoms with Gasteiger partial charge in [-0.1, -0.05) is 23.8 Å². The molecule has 40 heavy (non-hydrogen) atoms. The van der Waals surface area contributed by atoms with Gasteiger partial charge in [0.25, 0.3) is 5.91 Å². The molecule has 0 spiro atoms. The van der Waals surface area contributed by atoms with Crippen LogP contribution in [0.2, 0.25) is 0 Å². The molecule has 1 heterocycles. The van der Waals surface area contributed by atoms with Crippen molar-refractivity contribution in [3.63, 3.8) is 0 Å². The highest BCUT2D eigenvalue weighted by Crippen LogP contribution is 2.32. The third-order valence-corrected chi connectivity index (χ3v) is 8.54. The largest absolute Gasteiger partial charge is 0.493 e. The fraction of sp³-hybridized carbons (Fsp3) is 0.276. The Morgan fingerprint density at radius 2 is 1.62 bits per heavy atom. The highest BCUT2D eigenvalue weighted by Gasteiger charge is 2.46. The number of ether oxygens (including phenoxy) is 2. The van der Waals surface area contributed by atoms with E-state index in [1.165, 1.54) is 45.4 Å². The topological polar surface area (TPSA) is 122 Å². The maximum atomic E-state index is 13.9. The molecule has 0 saturated carbocycles. The number of anilines is 2. The second-order valence-corrected chi connectivity index (χ2v) is 11.3. The van der Waals surface area contributed by atoms with Gasteiger partial charge in [0.1, 0.15) is 6.04 Å². The summed E-state index contributed by atoms with van der Waals surface area (Å²) in [5.41, 5.74) is 2.45. The van der Waals surface area contributed by atoms with E-state index >= 15 is 0 Å². The second kappa shape index (κ2) is 11.9. The van der Waals surface area contributed by atoms with Crippen LogP contribution in [0, 0.1) is 6.92 Å². The van der Waals surface area contributed by atoms with Crippen LogP contribution in [-0.4, -0.2) is 57.3 Å². The molecule has 1 atom stereocenters. The first-order chi connectivity index (χ1) is 19.0. The van der Waals surface area contributed by atoms with Crippen molar-refractivity contribution in [2.75, 3.05) is 31.0 Å². The van der Waals surface area contributed by atoms with Gasteiger partial charge in [0.2, 0.25) is 21.8 Å². The van der Waals surface area contributed by atoms with Crippen molar-refractivity contribution in [1.29, 1.82) is 0 Å².